The molecule has 0 aliphatic rings. The second-order valence-corrected chi connectivity index (χ2v) is 5.48. The summed E-state index contributed by atoms with van der Waals surface area (Å²) in [6, 6.07) is 15.3. The van der Waals surface area contributed by atoms with Gasteiger partial charge in [-0.2, -0.15) is 0 Å². The first-order valence-corrected chi connectivity index (χ1v) is 7.86. The Hall–Kier alpha value is -2.69. The fourth-order valence-corrected chi connectivity index (χ4v) is 2.45. The Labute approximate surface area is 141 Å². The molecule has 0 aromatic heterocycles. The predicted octanol–water partition coefficient (Wildman–Crippen LogP) is 3.23. The Morgan fingerprint density at radius 2 is 1.62 bits per heavy atom. The van der Waals surface area contributed by atoms with Crippen LogP contribution in [0.4, 0.5) is 10.1 Å². The van der Waals surface area contributed by atoms with E-state index in [1.807, 2.05) is 37.3 Å². The number of carbonyl (C=O) groups excluding carboxylic acids is 2. The number of rotatable bonds is 6. The molecule has 2 amide bonds. The lowest BCUT2D eigenvalue weighted by molar-refractivity contribution is -0.134. The molecule has 126 valence electrons. The monoisotopic (exact) mass is 328 g/mol. The number of carbonyl (C=O) groups is 2. The zero-order chi connectivity index (χ0) is 17.5. The summed E-state index contributed by atoms with van der Waals surface area (Å²) in [5.41, 5.74) is 1.58. The van der Waals surface area contributed by atoms with Gasteiger partial charge in [-0.1, -0.05) is 30.3 Å². The zero-order valence-corrected chi connectivity index (χ0v) is 13.9. The van der Waals surface area contributed by atoms with Gasteiger partial charge in [0.2, 0.25) is 11.8 Å². The number of nitrogens with zero attached hydrogens (tertiary/aromatic N) is 2. The molecule has 2 aromatic rings. The van der Waals surface area contributed by atoms with Crippen LogP contribution in [0, 0.1) is 5.82 Å². The Morgan fingerprint density at radius 3 is 2.17 bits per heavy atom. The Kier molecular flexibility index (Phi) is 6.07. The fraction of sp³-hybridized carbons (Fsp3) is 0.263. The van der Waals surface area contributed by atoms with Crippen LogP contribution >= 0.6 is 0 Å². The first-order chi connectivity index (χ1) is 11.5. The van der Waals surface area contributed by atoms with Gasteiger partial charge in [-0.15, -0.1) is 0 Å². The summed E-state index contributed by atoms with van der Waals surface area (Å²) in [5, 5.41) is 0. The number of amides is 2. The summed E-state index contributed by atoms with van der Waals surface area (Å²) < 4.78 is 13.0. The summed E-state index contributed by atoms with van der Waals surface area (Å²) in [6.45, 7) is 4.09. The van der Waals surface area contributed by atoms with Gasteiger partial charge in [-0.05, 0) is 36.8 Å². The Balaban J connectivity index is 2.10. The van der Waals surface area contributed by atoms with Crippen LogP contribution in [0.1, 0.15) is 19.4 Å². The van der Waals surface area contributed by atoms with Crippen LogP contribution in [-0.4, -0.2) is 29.8 Å². The highest BCUT2D eigenvalue weighted by Crippen LogP contribution is 2.14. The minimum atomic E-state index is -0.328. The smallest absolute Gasteiger partial charge is 0.246 e. The molecule has 0 saturated carbocycles. The minimum Gasteiger partial charge on any atom is -0.329 e. The number of hydrogen-bond donors (Lipinski definition) is 0. The van der Waals surface area contributed by atoms with Gasteiger partial charge in [0, 0.05) is 25.7 Å². The standard InChI is InChI=1S/C19H21FN2O2/c1-3-22(18-7-5-4-6-8-18)19(24)14-21(15(2)23)13-16-9-11-17(20)12-10-16/h4-12H,3,13-14H2,1-2H3. The molecule has 0 fully saturated rings. The number of anilines is 1. The fourth-order valence-electron chi connectivity index (χ4n) is 2.45. The summed E-state index contributed by atoms with van der Waals surface area (Å²) in [5.74, 6) is -0.678. The maximum Gasteiger partial charge on any atom is 0.246 e. The molecular formula is C19H21FN2O2. The molecular weight excluding hydrogens is 307 g/mol. The lowest BCUT2D eigenvalue weighted by Crippen LogP contribution is -2.42. The minimum absolute atomic E-state index is 0.0184. The quantitative estimate of drug-likeness (QED) is 0.817. The molecule has 0 aliphatic carbocycles. The Morgan fingerprint density at radius 1 is 1.00 bits per heavy atom. The van der Waals surface area contributed by atoms with Crippen LogP contribution in [0.3, 0.4) is 0 Å². The molecule has 0 aliphatic heterocycles. The van der Waals surface area contributed by atoms with Gasteiger partial charge >= 0.3 is 0 Å². The molecule has 0 N–H and O–H groups in total. The second-order valence-electron chi connectivity index (χ2n) is 5.48. The van der Waals surface area contributed by atoms with Crippen LogP contribution in [0.5, 0.6) is 0 Å². The lowest BCUT2D eigenvalue weighted by atomic mass is 10.2. The van der Waals surface area contributed by atoms with E-state index < -0.39 is 0 Å². The maximum atomic E-state index is 13.0. The van der Waals surface area contributed by atoms with Crippen LogP contribution in [-0.2, 0) is 16.1 Å². The molecule has 4 nitrogen and oxygen atoms in total. The van der Waals surface area contributed by atoms with Crippen molar-refractivity contribution in [1.82, 2.24) is 4.90 Å². The molecule has 5 heteroatoms. The maximum absolute atomic E-state index is 13.0. The van der Waals surface area contributed by atoms with E-state index in [1.165, 1.54) is 24.0 Å². The summed E-state index contributed by atoms with van der Waals surface area (Å²) in [6.07, 6.45) is 0. The van der Waals surface area contributed by atoms with Crippen molar-refractivity contribution in [2.45, 2.75) is 20.4 Å². The predicted molar refractivity (Wildman–Crippen MR) is 92.0 cm³/mol. The molecule has 0 atom stereocenters. The van der Waals surface area contributed by atoms with Crippen molar-refractivity contribution in [3.05, 3.63) is 66.0 Å². The van der Waals surface area contributed by atoms with Gasteiger partial charge in [0.05, 0.1) is 0 Å². The van der Waals surface area contributed by atoms with Crippen LogP contribution in [0.2, 0.25) is 0 Å². The van der Waals surface area contributed by atoms with Crippen LogP contribution < -0.4 is 4.90 Å². The first kappa shape index (κ1) is 17.7. The van der Waals surface area contributed by atoms with E-state index in [0.717, 1.165) is 11.3 Å². The Bertz CT molecular complexity index is 686. The number of benzene rings is 2. The van der Waals surface area contributed by atoms with Gasteiger partial charge < -0.3 is 9.80 Å². The summed E-state index contributed by atoms with van der Waals surface area (Å²) >= 11 is 0. The van der Waals surface area contributed by atoms with E-state index in [1.54, 1.807) is 17.0 Å². The van der Waals surface area contributed by atoms with Crippen molar-refractivity contribution in [3.63, 3.8) is 0 Å². The van der Waals surface area contributed by atoms with Crippen molar-refractivity contribution >= 4 is 17.5 Å². The van der Waals surface area contributed by atoms with Gasteiger partial charge in [-0.25, -0.2) is 4.39 Å². The van der Waals surface area contributed by atoms with E-state index in [0.29, 0.717) is 6.54 Å². The number of para-hydroxylation sites is 1. The van der Waals surface area contributed by atoms with Crippen LogP contribution in [0.15, 0.2) is 54.6 Å². The molecule has 0 bridgehead atoms. The van der Waals surface area contributed by atoms with E-state index in [4.69, 9.17) is 0 Å². The van der Waals surface area contributed by atoms with Crippen LogP contribution in [0.25, 0.3) is 0 Å². The van der Waals surface area contributed by atoms with Crippen molar-refractivity contribution < 1.29 is 14.0 Å². The number of halogens is 1. The van der Waals surface area contributed by atoms with Crippen molar-refractivity contribution in [2.24, 2.45) is 0 Å². The molecule has 24 heavy (non-hydrogen) atoms. The largest absolute Gasteiger partial charge is 0.329 e. The third-order valence-electron chi connectivity index (χ3n) is 3.74. The van der Waals surface area contributed by atoms with Gasteiger partial charge in [-0.3, -0.25) is 9.59 Å². The lowest BCUT2D eigenvalue weighted by Gasteiger charge is -2.26. The molecule has 2 aromatic carbocycles. The first-order valence-electron chi connectivity index (χ1n) is 7.86. The van der Waals surface area contributed by atoms with E-state index in [2.05, 4.69) is 0 Å². The molecule has 0 saturated heterocycles. The topological polar surface area (TPSA) is 40.6 Å². The summed E-state index contributed by atoms with van der Waals surface area (Å²) in [4.78, 5) is 27.6. The van der Waals surface area contributed by atoms with Gasteiger partial charge in [0.25, 0.3) is 0 Å². The SMILES string of the molecule is CCN(C(=O)CN(Cc1ccc(F)cc1)C(C)=O)c1ccccc1. The summed E-state index contributed by atoms with van der Waals surface area (Å²) in [7, 11) is 0. The van der Waals surface area contributed by atoms with Crippen molar-refractivity contribution in [2.75, 3.05) is 18.0 Å². The van der Waals surface area contributed by atoms with E-state index in [9.17, 15) is 14.0 Å². The molecule has 0 unspecified atom stereocenters. The third-order valence-corrected chi connectivity index (χ3v) is 3.74. The highest BCUT2D eigenvalue weighted by Gasteiger charge is 2.19. The van der Waals surface area contributed by atoms with Gasteiger partial charge in [0.15, 0.2) is 0 Å². The molecule has 0 radical (unpaired) electrons. The van der Waals surface area contributed by atoms with Crippen molar-refractivity contribution in [1.29, 1.82) is 0 Å². The molecule has 0 heterocycles. The second kappa shape index (κ2) is 8.24. The highest BCUT2D eigenvalue weighted by molar-refractivity contribution is 5.96. The molecule has 2 rings (SSSR count). The number of likely N-dealkylation sites (N-methyl/N-ethyl adjacent to an activating group) is 1. The average molecular weight is 328 g/mol. The number of hydrogen-bond acceptors (Lipinski definition) is 2. The van der Waals surface area contributed by atoms with Crippen molar-refractivity contribution in [3.8, 4) is 0 Å². The van der Waals surface area contributed by atoms with E-state index >= 15 is 0 Å². The molecule has 0 spiro atoms. The van der Waals surface area contributed by atoms with Gasteiger partial charge in [0.1, 0.15) is 12.4 Å². The average Bonchev–Trinajstić information content (AvgIpc) is 2.57. The zero-order valence-electron chi connectivity index (χ0n) is 13.9. The highest BCUT2D eigenvalue weighted by atomic mass is 19.1. The van der Waals surface area contributed by atoms with E-state index in [-0.39, 0.29) is 30.7 Å². The normalized spacial score (nSPS) is 10.3. The third kappa shape index (κ3) is 4.65.